The first-order valence-electron chi connectivity index (χ1n) is 6.47. The third-order valence-corrected chi connectivity index (χ3v) is 3.77. The molecular formula is C13H18ClN5O. The van der Waals surface area contributed by atoms with Crippen LogP contribution in [0.3, 0.4) is 0 Å². The van der Waals surface area contributed by atoms with Gasteiger partial charge in [0, 0.05) is 19.8 Å². The van der Waals surface area contributed by atoms with Gasteiger partial charge in [-0.2, -0.15) is 10.2 Å². The van der Waals surface area contributed by atoms with Gasteiger partial charge in [-0.1, -0.05) is 11.6 Å². The van der Waals surface area contributed by atoms with Crippen molar-refractivity contribution in [1.29, 1.82) is 0 Å². The van der Waals surface area contributed by atoms with Gasteiger partial charge in [0.05, 0.1) is 22.5 Å². The lowest BCUT2D eigenvalue weighted by Crippen LogP contribution is -2.29. The maximum absolute atomic E-state index is 12.2. The standard InChI is InChI=1S/C13H18ClN5O/c1-5-19-10(6-7-15-19)8(2)16-13(20)12-11(14)9(3)18(4)17-12/h6-8H,5H2,1-4H3,(H,16,20). The molecule has 1 amide bonds. The van der Waals surface area contributed by atoms with Crippen LogP contribution in [0.4, 0.5) is 0 Å². The van der Waals surface area contributed by atoms with Crippen molar-refractivity contribution in [2.24, 2.45) is 7.05 Å². The maximum atomic E-state index is 12.2. The molecule has 0 saturated carbocycles. The normalized spacial score (nSPS) is 12.4. The van der Waals surface area contributed by atoms with E-state index in [-0.39, 0.29) is 17.6 Å². The number of nitrogens with zero attached hydrogens (tertiary/aromatic N) is 4. The second-order valence-electron chi connectivity index (χ2n) is 4.64. The van der Waals surface area contributed by atoms with Crippen molar-refractivity contribution in [3.05, 3.63) is 34.4 Å². The maximum Gasteiger partial charge on any atom is 0.273 e. The van der Waals surface area contributed by atoms with Gasteiger partial charge in [0.1, 0.15) is 0 Å². The highest BCUT2D eigenvalue weighted by Gasteiger charge is 2.21. The van der Waals surface area contributed by atoms with Crippen LogP contribution < -0.4 is 5.32 Å². The van der Waals surface area contributed by atoms with Crippen molar-refractivity contribution in [3.63, 3.8) is 0 Å². The smallest absolute Gasteiger partial charge is 0.273 e. The minimum Gasteiger partial charge on any atom is -0.343 e. The predicted octanol–water partition coefficient (Wildman–Crippen LogP) is 2.09. The predicted molar refractivity (Wildman–Crippen MR) is 76.7 cm³/mol. The van der Waals surface area contributed by atoms with E-state index >= 15 is 0 Å². The molecule has 7 heteroatoms. The highest BCUT2D eigenvalue weighted by molar-refractivity contribution is 6.34. The van der Waals surface area contributed by atoms with E-state index in [0.29, 0.717) is 5.02 Å². The summed E-state index contributed by atoms with van der Waals surface area (Å²) >= 11 is 6.11. The molecule has 2 aromatic heterocycles. The lowest BCUT2D eigenvalue weighted by Gasteiger charge is -2.14. The molecule has 2 aromatic rings. The number of halogens is 1. The van der Waals surface area contributed by atoms with E-state index in [1.807, 2.05) is 31.5 Å². The van der Waals surface area contributed by atoms with Gasteiger partial charge in [-0.3, -0.25) is 14.2 Å². The topological polar surface area (TPSA) is 64.7 Å². The Morgan fingerprint density at radius 3 is 2.80 bits per heavy atom. The van der Waals surface area contributed by atoms with E-state index < -0.39 is 0 Å². The van der Waals surface area contributed by atoms with Crippen molar-refractivity contribution in [1.82, 2.24) is 24.9 Å². The van der Waals surface area contributed by atoms with Gasteiger partial charge in [0.15, 0.2) is 5.69 Å². The number of aryl methyl sites for hydroxylation is 2. The van der Waals surface area contributed by atoms with Gasteiger partial charge in [0.25, 0.3) is 5.91 Å². The van der Waals surface area contributed by atoms with Crippen LogP contribution in [-0.2, 0) is 13.6 Å². The molecule has 108 valence electrons. The molecule has 0 aliphatic carbocycles. The average Bonchev–Trinajstić information content (AvgIpc) is 2.99. The molecule has 1 N–H and O–H groups in total. The van der Waals surface area contributed by atoms with E-state index in [1.165, 1.54) is 0 Å². The molecule has 0 aliphatic heterocycles. The summed E-state index contributed by atoms with van der Waals surface area (Å²) in [5, 5.41) is 11.6. The highest BCUT2D eigenvalue weighted by atomic mass is 35.5. The second kappa shape index (κ2) is 5.66. The summed E-state index contributed by atoms with van der Waals surface area (Å²) in [4.78, 5) is 12.2. The SMILES string of the molecule is CCn1nccc1C(C)NC(=O)c1nn(C)c(C)c1Cl. The summed E-state index contributed by atoms with van der Waals surface area (Å²) in [6, 6.07) is 1.73. The molecule has 0 bridgehead atoms. The summed E-state index contributed by atoms with van der Waals surface area (Å²) in [6.07, 6.45) is 1.72. The molecule has 6 nitrogen and oxygen atoms in total. The number of rotatable bonds is 4. The minimum atomic E-state index is -0.282. The van der Waals surface area contributed by atoms with Gasteiger partial charge in [-0.05, 0) is 26.8 Å². The zero-order valence-corrected chi connectivity index (χ0v) is 12.8. The number of hydrogen-bond donors (Lipinski definition) is 1. The third kappa shape index (κ3) is 2.56. The fourth-order valence-corrected chi connectivity index (χ4v) is 2.29. The zero-order valence-electron chi connectivity index (χ0n) is 12.0. The Balaban J connectivity index is 2.17. The monoisotopic (exact) mass is 295 g/mol. The first-order valence-corrected chi connectivity index (χ1v) is 6.85. The quantitative estimate of drug-likeness (QED) is 0.939. The lowest BCUT2D eigenvalue weighted by molar-refractivity contribution is 0.0932. The van der Waals surface area contributed by atoms with Crippen molar-refractivity contribution in [2.45, 2.75) is 33.4 Å². The van der Waals surface area contributed by atoms with Gasteiger partial charge in [-0.15, -0.1) is 0 Å². The highest BCUT2D eigenvalue weighted by Crippen LogP contribution is 2.20. The Morgan fingerprint density at radius 2 is 2.25 bits per heavy atom. The van der Waals surface area contributed by atoms with Crippen molar-refractivity contribution in [3.8, 4) is 0 Å². The largest absolute Gasteiger partial charge is 0.343 e. The van der Waals surface area contributed by atoms with Crippen LogP contribution in [0.25, 0.3) is 0 Å². The Kier molecular flexibility index (Phi) is 4.13. The number of carbonyl (C=O) groups is 1. The number of amides is 1. The minimum absolute atomic E-state index is 0.164. The molecule has 0 aromatic carbocycles. The van der Waals surface area contributed by atoms with Crippen LogP contribution in [0.5, 0.6) is 0 Å². The Morgan fingerprint density at radius 1 is 1.55 bits per heavy atom. The van der Waals surface area contributed by atoms with Crippen molar-refractivity contribution >= 4 is 17.5 Å². The van der Waals surface area contributed by atoms with E-state index in [4.69, 9.17) is 11.6 Å². The van der Waals surface area contributed by atoms with E-state index in [9.17, 15) is 4.79 Å². The molecule has 1 unspecified atom stereocenters. The molecule has 2 rings (SSSR count). The Hall–Kier alpha value is -1.82. The zero-order chi connectivity index (χ0) is 14.9. The molecule has 1 atom stereocenters. The molecular weight excluding hydrogens is 278 g/mol. The van der Waals surface area contributed by atoms with E-state index in [0.717, 1.165) is 17.9 Å². The van der Waals surface area contributed by atoms with Gasteiger partial charge >= 0.3 is 0 Å². The summed E-state index contributed by atoms with van der Waals surface area (Å²) in [7, 11) is 1.76. The molecule has 0 spiro atoms. The van der Waals surface area contributed by atoms with Crippen LogP contribution in [0, 0.1) is 6.92 Å². The summed E-state index contributed by atoms with van der Waals surface area (Å²) in [5.41, 5.74) is 1.97. The van der Waals surface area contributed by atoms with Gasteiger partial charge in [0.2, 0.25) is 0 Å². The van der Waals surface area contributed by atoms with Gasteiger partial charge < -0.3 is 5.32 Å². The molecule has 20 heavy (non-hydrogen) atoms. The lowest BCUT2D eigenvalue weighted by atomic mass is 10.2. The first kappa shape index (κ1) is 14.6. The summed E-state index contributed by atoms with van der Waals surface area (Å²) in [6.45, 7) is 6.49. The molecule has 2 heterocycles. The van der Waals surface area contributed by atoms with Crippen LogP contribution >= 0.6 is 11.6 Å². The van der Waals surface area contributed by atoms with Crippen LogP contribution in [0.2, 0.25) is 5.02 Å². The van der Waals surface area contributed by atoms with Crippen LogP contribution in [0.15, 0.2) is 12.3 Å². The van der Waals surface area contributed by atoms with Crippen LogP contribution in [-0.4, -0.2) is 25.5 Å². The summed E-state index contributed by atoms with van der Waals surface area (Å²) in [5.74, 6) is -0.282. The number of carbonyl (C=O) groups excluding carboxylic acids is 1. The van der Waals surface area contributed by atoms with Crippen molar-refractivity contribution < 1.29 is 4.79 Å². The molecule has 0 fully saturated rings. The van der Waals surface area contributed by atoms with Crippen molar-refractivity contribution in [2.75, 3.05) is 0 Å². The van der Waals surface area contributed by atoms with Crippen LogP contribution in [0.1, 0.15) is 41.8 Å². The second-order valence-corrected chi connectivity index (χ2v) is 5.02. The number of hydrogen-bond acceptors (Lipinski definition) is 3. The summed E-state index contributed by atoms with van der Waals surface area (Å²) < 4.78 is 3.44. The van der Waals surface area contributed by atoms with E-state index in [2.05, 4.69) is 15.5 Å². The number of aromatic nitrogens is 4. The fourth-order valence-electron chi connectivity index (χ4n) is 2.04. The number of nitrogens with one attached hydrogen (secondary N) is 1. The van der Waals surface area contributed by atoms with Gasteiger partial charge in [-0.25, -0.2) is 0 Å². The average molecular weight is 296 g/mol. The Bertz CT molecular complexity index is 631. The first-order chi connectivity index (χ1) is 9.45. The van der Waals surface area contributed by atoms with E-state index in [1.54, 1.807) is 17.9 Å². The molecule has 0 aliphatic rings. The Labute approximate surface area is 122 Å². The molecule has 0 saturated heterocycles. The third-order valence-electron chi connectivity index (χ3n) is 3.32. The molecule has 0 radical (unpaired) electrons. The fraction of sp³-hybridized carbons (Fsp3) is 0.462.